The average molecular weight is 390 g/mol. The van der Waals surface area contributed by atoms with Gasteiger partial charge in [0.25, 0.3) is 5.91 Å². The summed E-state index contributed by atoms with van der Waals surface area (Å²) in [5, 5.41) is 14.7. The van der Waals surface area contributed by atoms with Crippen molar-refractivity contribution in [3.63, 3.8) is 0 Å². The monoisotopic (exact) mass is 390 g/mol. The molecule has 0 bridgehead atoms. The predicted molar refractivity (Wildman–Crippen MR) is 98.0 cm³/mol. The topological polar surface area (TPSA) is 131 Å². The fraction of sp³-hybridized carbons (Fsp3) is 0.368. The number of benzene rings is 1. The Hall–Kier alpha value is -3.36. The number of carbonyl (C=O) groups excluding carboxylic acids is 4. The van der Waals surface area contributed by atoms with Crippen molar-refractivity contribution >= 4 is 23.6 Å². The molecule has 0 heterocycles. The summed E-state index contributed by atoms with van der Waals surface area (Å²) in [7, 11) is 0. The second kappa shape index (κ2) is 8.55. The zero-order valence-corrected chi connectivity index (χ0v) is 15.8. The number of phenols is 1. The van der Waals surface area contributed by atoms with Crippen LogP contribution in [0.5, 0.6) is 5.75 Å². The number of aromatic hydroxyl groups is 1. The van der Waals surface area contributed by atoms with E-state index in [0.717, 1.165) is 6.08 Å². The molecule has 1 aromatic carbocycles. The van der Waals surface area contributed by atoms with E-state index < -0.39 is 35.8 Å². The summed E-state index contributed by atoms with van der Waals surface area (Å²) >= 11 is 0. The number of carbonyl (C=O) groups is 4. The van der Waals surface area contributed by atoms with E-state index in [0.29, 0.717) is 0 Å². The lowest BCUT2D eigenvalue weighted by atomic mass is 9.93. The van der Waals surface area contributed by atoms with Crippen LogP contribution in [-0.2, 0) is 14.3 Å². The first-order chi connectivity index (χ1) is 13.1. The van der Waals surface area contributed by atoms with Crippen LogP contribution in [0.4, 0.5) is 4.79 Å². The van der Waals surface area contributed by atoms with Gasteiger partial charge < -0.3 is 25.2 Å². The lowest BCUT2D eigenvalue weighted by Crippen LogP contribution is -2.38. The standard InChI is InChI=1S/C19H22N2O7/c1-19(2,3)28-18(26)21-8-7-20-15(24)10-27-14-9-13(23)16-11(17(14)25)5-4-6-12(16)22/h4-6,9,22H,7-8,10H2,1-3H3,(H,20,24)(H,21,26). The van der Waals surface area contributed by atoms with Gasteiger partial charge in [-0.1, -0.05) is 6.07 Å². The van der Waals surface area contributed by atoms with E-state index in [4.69, 9.17) is 9.47 Å². The summed E-state index contributed by atoms with van der Waals surface area (Å²) in [6.07, 6.45) is 0.346. The summed E-state index contributed by atoms with van der Waals surface area (Å²) in [5.74, 6) is -2.27. The second-order valence-corrected chi connectivity index (χ2v) is 6.97. The van der Waals surface area contributed by atoms with E-state index in [-0.39, 0.29) is 35.7 Å². The van der Waals surface area contributed by atoms with E-state index in [2.05, 4.69) is 10.6 Å². The van der Waals surface area contributed by atoms with E-state index in [1.54, 1.807) is 20.8 Å². The minimum absolute atomic E-state index is 0.0180. The Labute approximate surface area is 161 Å². The quantitative estimate of drug-likeness (QED) is 0.624. The van der Waals surface area contributed by atoms with Crippen LogP contribution in [0.25, 0.3) is 0 Å². The molecule has 2 amide bonds. The molecule has 0 fully saturated rings. The number of hydrogen-bond acceptors (Lipinski definition) is 7. The first-order valence-corrected chi connectivity index (χ1v) is 8.57. The lowest BCUT2D eigenvalue weighted by molar-refractivity contribution is -0.124. The third-order valence-electron chi connectivity index (χ3n) is 3.49. The van der Waals surface area contributed by atoms with E-state index in [9.17, 15) is 24.3 Å². The zero-order valence-electron chi connectivity index (χ0n) is 15.8. The van der Waals surface area contributed by atoms with E-state index >= 15 is 0 Å². The molecular weight excluding hydrogens is 368 g/mol. The predicted octanol–water partition coefficient (Wildman–Crippen LogP) is 1.31. The number of rotatable bonds is 6. The van der Waals surface area contributed by atoms with Crippen molar-refractivity contribution in [3.05, 3.63) is 41.2 Å². The fourth-order valence-electron chi connectivity index (χ4n) is 2.36. The molecule has 0 radical (unpaired) electrons. The third kappa shape index (κ3) is 5.57. The van der Waals surface area contributed by atoms with E-state index in [1.807, 2.05) is 0 Å². The molecule has 0 aromatic heterocycles. The number of nitrogens with one attached hydrogen (secondary N) is 2. The number of amides is 2. The Kier molecular flexibility index (Phi) is 6.40. The zero-order chi connectivity index (χ0) is 20.9. The summed E-state index contributed by atoms with van der Waals surface area (Å²) in [4.78, 5) is 47.7. The van der Waals surface area contributed by atoms with Gasteiger partial charge in [-0.15, -0.1) is 0 Å². The summed E-state index contributed by atoms with van der Waals surface area (Å²) in [6.45, 7) is 5.00. The number of ether oxygens (including phenoxy) is 2. The highest BCUT2D eigenvalue weighted by Gasteiger charge is 2.29. The molecule has 1 aliphatic carbocycles. The normalized spacial score (nSPS) is 13.3. The molecule has 0 aliphatic heterocycles. The van der Waals surface area contributed by atoms with Crippen LogP contribution in [0.1, 0.15) is 41.5 Å². The Bertz CT molecular complexity index is 837. The minimum atomic E-state index is -0.617. The van der Waals surface area contributed by atoms with Gasteiger partial charge in [-0.2, -0.15) is 0 Å². The number of Topliss-reactive ketones (excluding diaryl/α,β-unsaturated/α-hetero) is 1. The number of hydrogen-bond donors (Lipinski definition) is 3. The van der Waals surface area contributed by atoms with Crippen molar-refractivity contribution in [3.8, 4) is 5.75 Å². The molecule has 28 heavy (non-hydrogen) atoms. The van der Waals surface area contributed by atoms with Gasteiger partial charge in [0, 0.05) is 24.7 Å². The molecule has 2 rings (SSSR count). The molecule has 0 unspecified atom stereocenters. The van der Waals surface area contributed by atoms with Crippen molar-refractivity contribution in [2.24, 2.45) is 0 Å². The van der Waals surface area contributed by atoms with Gasteiger partial charge in [-0.25, -0.2) is 4.79 Å². The lowest BCUT2D eigenvalue weighted by Gasteiger charge is -2.19. The Balaban J connectivity index is 1.78. The van der Waals surface area contributed by atoms with Crippen LogP contribution >= 0.6 is 0 Å². The highest BCUT2D eigenvalue weighted by molar-refractivity contribution is 6.24. The van der Waals surface area contributed by atoms with Crippen molar-refractivity contribution < 1.29 is 33.8 Å². The van der Waals surface area contributed by atoms with Crippen LogP contribution < -0.4 is 10.6 Å². The van der Waals surface area contributed by atoms with Gasteiger partial charge in [-0.3, -0.25) is 14.4 Å². The highest BCUT2D eigenvalue weighted by atomic mass is 16.6. The molecule has 3 N–H and O–H groups in total. The molecular formula is C19H22N2O7. The average Bonchev–Trinajstić information content (AvgIpc) is 2.59. The van der Waals surface area contributed by atoms with E-state index in [1.165, 1.54) is 18.2 Å². The van der Waals surface area contributed by atoms with Gasteiger partial charge in [0.1, 0.15) is 11.4 Å². The van der Waals surface area contributed by atoms with Crippen molar-refractivity contribution in [2.45, 2.75) is 26.4 Å². The molecule has 9 heteroatoms. The van der Waals surface area contributed by atoms with Crippen molar-refractivity contribution in [1.82, 2.24) is 10.6 Å². The number of allylic oxidation sites excluding steroid dienone is 2. The van der Waals surface area contributed by atoms with Crippen LogP contribution in [0, 0.1) is 0 Å². The molecule has 9 nitrogen and oxygen atoms in total. The third-order valence-corrected chi connectivity index (χ3v) is 3.49. The molecule has 1 aliphatic rings. The minimum Gasteiger partial charge on any atom is -0.507 e. The first-order valence-electron chi connectivity index (χ1n) is 8.57. The van der Waals surface area contributed by atoms with Crippen LogP contribution in [-0.4, -0.2) is 54.0 Å². The summed E-state index contributed by atoms with van der Waals surface area (Å²) < 4.78 is 10.2. The molecule has 0 atom stereocenters. The summed E-state index contributed by atoms with van der Waals surface area (Å²) in [6, 6.07) is 4.14. The highest BCUT2D eigenvalue weighted by Crippen LogP contribution is 2.28. The SMILES string of the molecule is CC(C)(C)OC(=O)NCCNC(=O)COC1=CC(=O)c2c(O)cccc2C1=O. The molecule has 0 spiro atoms. The molecule has 0 saturated carbocycles. The molecule has 150 valence electrons. The van der Waals surface area contributed by atoms with Gasteiger partial charge >= 0.3 is 6.09 Å². The van der Waals surface area contributed by atoms with Crippen molar-refractivity contribution in [2.75, 3.05) is 19.7 Å². The van der Waals surface area contributed by atoms with Gasteiger partial charge in [0.2, 0.25) is 5.78 Å². The Morgan fingerprint density at radius 2 is 1.79 bits per heavy atom. The molecule has 0 saturated heterocycles. The number of ketones is 2. The number of alkyl carbamates (subject to hydrolysis) is 1. The second-order valence-electron chi connectivity index (χ2n) is 6.97. The Morgan fingerprint density at radius 3 is 2.46 bits per heavy atom. The number of fused-ring (bicyclic) bond motifs is 1. The van der Waals surface area contributed by atoms with Crippen LogP contribution in [0.2, 0.25) is 0 Å². The maximum Gasteiger partial charge on any atom is 0.407 e. The van der Waals surface area contributed by atoms with Gasteiger partial charge in [-0.05, 0) is 32.9 Å². The van der Waals surface area contributed by atoms with Crippen LogP contribution in [0.3, 0.4) is 0 Å². The number of phenolic OH excluding ortho intramolecular Hbond substituents is 1. The fourth-order valence-corrected chi connectivity index (χ4v) is 2.36. The van der Waals surface area contributed by atoms with Crippen molar-refractivity contribution in [1.29, 1.82) is 0 Å². The Morgan fingerprint density at radius 1 is 1.11 bits per heavy atom. The largest absolute Gasteiger partial charge is 0.507 e. The van der Waals surface area contributed by atoms with Gasteiger partial charge in [0.05, 0.1) is 5.56 Å². The molecule has 1 aromatic rings. The van der Waals surface area contributed by atoms with Gasteiger partial charge in [0.15, 0.2) is 18.1 Å². The van der Waals surface area contributed by atoms with Crippen LogP contribution in [0.15, 0.2) is 30.0 Å². The first kappa shape index (κ1) is 20.9. The maximum atomic E-state index is 12.3. The maximum absolute atomic E-state index is 12.3. The summed E-state index contributed by atoms with van der Waals surface area (Å²) in [5.41, 5.74) is -0.684. The smallest absolute Gasteiger partial charge is 0.407 e.